The van der Waals surface area contributed by atoms with Crippen LogP contribution in [0, 0.1) is 0 Å². The number of carbonyl (C=O) groups excluding carboxylic acids is 5. The van der Waals surface area contributed by atoms with Crippen molar-refractivity contribution in [3.05, 3.63) is 29.8 Å². The van der Waals surface area contributed by atoms with Gasteiger partial charge in [-0.05, 0) is 57.4 Å². The Morgan fingerprint density at radius 2 is 1.84 bits per heavy atom. The number of anilines is 1. The molecule has 38 heavy (non-hydrogen) atoms. The lowest BCUT2D eigenvalue weighted by Gasteiger charge is -2.35. The highest BCUT2D eigenvalue weighted by molar-refractivity contribution is 5.97. The van der Waals surface area contributed by atoms with Crippen LogP contribution < -0.4 is 21.3 Å². The number of amides is 4. The molecule has 0 radical (unpaired) electrons. The molecule has 206 valence electrons. The summed E-state index contributed by atoms with van der Waals surface area (Å²) in [5.41, 5.74) is 1.32. The fraction of sp³-hybridized carbons (Fsp3) is 0.593. The number of hydrogen-bond donors (Lipinski definition) is 4. The first-order valence-corrected chi connectivity index (χ1v) is 13.4. The first-order chi connectivity index (χ1) is 18.3. The van der Waals surface area contributed by atoms with E-state index in [0.29, 0.717) is 24.9 Å². The molecule has 0 saturated carbocycles. The molecule has 4 N–H and O–H groups in total. The van der Waals surface area contributed by atoms with Crippen LogP contribution in [0.2, 0.25) is 0 Å². The molecule has 3 fully saturated rings. The number of fused-ring (bicyclic) bond motifs is 1. The molecule has 1 aromatic rings. The maximum atomic E-state index is 13.5. The number of cyclic esters (lactones) is 1. The first kappa shape index (κ1) is 27.6. The first-order valence-electron chi connectivity index (χ1n) is 13.4. The lowest BCUT2D eigenvalue weighted by molar-refractivity contribution is -0.146. The lowest BCUT2D eigenvalue weighted by Crippen LogP contribution is -2.57. The van der Waals surface area contributed by atoms with Gasteiger partial charge in [0, 0.05) is 31.1 Å². The van der Waals surface area contributed by atoms with E-state index in [0.717, 1.165) is 31.2 Å². The lowest BCUT2D eigenvalue weighted by atomic mass is 9.98. The Balaban J connectivity index is 1.37. The van der Waals surface area contributed by atoms with Gasteiger partial charge < -0.3 is 30.9 Å². The number of rotatable bonds is 8. The molecule has 3 aliphatic heterocycles. The fourth-order valence-electron chi connectivity index (χ4n) is 5.35. The van der Waals surface area contributed by atoms with Gasteiger partial charge in [-0.1, -0.05) is 25.0 Å². The Morgan fingerprint density at radius 1 is 1.05 bits per heavy atom. The molecule has 2 unspecified atom stereocenters. The van der Waals surface area contributed by atoms with Gasteiger partial charge in [0.05, 0.1) is 6.04 Å². The van der Waals surface area contributed by atoms with Crippen molar-refractivity contribution in [1.82, 2.24) is 20.9 Å². The van der Waals surface area contributed by atoms with Crippen LogP contribution in [0.1, 0.15) is 63.9 Å². The number of likely N-dealkylation sites (N-methyl/N-ethyl adjacent to an activating group) is 1. The van der Waals surface area contributed by atoms with Crippen LogP contribution in [0.3, 0.4) is 0 Å². The van der Waals surface area contributed by atoms with E-state index in [2.05, 4.69) is 21.3 Å². The van der Waals surface area contributed by atoms with Gasteiger partial charge in [0.25, 0.3) is 5.91 Å². The van der Waals surface area contributed by atoms with Crippen molar-refractivity contribution in [3.8, 4) is 0 Å². The third kappa shape index (κ3) is 6.50. The van der Waals surface area contributed by atoms with Crippen LogP contribution in [-0.2, 0) is 35.3 Å². The molecule has 11 nitrogen and oxygen atoms in total. The summed E-state index contributed by atoms with van der Waals surface area (Å²) in [6, 6.07) is 5.41. The molecule has 0 spiro atoms. The van der Waals surface area contributed by atoms with Crippen molar-refractivity contribution in [1.29, 1.82) is 0 Å². The van der Waals surface area contributed by atoms with E-state index in [-0.39, 0.29) is 48.6 Å². The summed E-state index contributed by atoms with van der Waals surface area (Å²) in [7, 11) is 1.69. The minimum Gasteiger partial charge on any atom is -0.452 e. The smallest absolute Gasteiger partial charge is 0.306 e. The fourth-order valence-corrected chi connectivity index (χ4v) is 5.35. The van der Waals surface area contributed by atoms with Gasteiger partial charge in [0.15, 0.2) is 6.10 Å². The minimum absolute atomic E-state index is 0.0112. The predicted molar refractivity (Wildman–Crippen MR) is 139 cm³/mol. The van der Waals surface area contributed by atoms with E-state index in [1.165, 1.54) is 0 Å². The van der Waals surface area contributed by atoms with Gasteiger partial charge in [0.2, 0.25) is 17.7 Å². The molecule has 3 heterocycles. The molecule has 0 aromatic heterocycles. The summed E-state index contributed by atoms with van der Waals surface area (Å²) < 4.78 is 5.01. The Kier molecular flexibility index (Phi) is 8.98. The third-order valence-corrected chi connectivity index (χ3v) is 7.62. The van der Waals surface area contributed by atoms with Gasteiger partial charge in [0.1, 0.15) is 12.1 Å². The van der Waals surface area contributed by atoms with Gasteiger partial charge in [-0.25, -0.2) is 0 Å². The monoisotopic (exact) mass is 527 g/mol. The molecule has 11 heteroatoms. The summed E-state index contributed by atoms with van der Waals surface area (Å²) in [6.07, 6.45) is 4.32. The summed E-state index contributed by atoms with van der Waals surface area (Å²) in [6.45, 7) is 1.96. The molecular formula is C27H37N5O6. The zero-order chi connectivity index (χ0) is 27.2. The average molecular weight is 528 g/mol. The van der Waals surface area contributed by atoms with E-state index >= 15 is 0 Å². The number of benzene rings is 1. The van der Waals surface area contributed by atoms with Crippen LogP contribution in [0.5, 0.6) is 0 Å². The highest BCUT2D eigenvalue weighted by Crippen LogP contribution is 2.31. The molecule has 4 rings (SSSR count). The molecule has 4 amide bonds. The standard InChI is InChI=1S/C27H37N5O6/c1-16(28-2)24(34)31-20-9-4-3-8-19-10-11-21(32(19)27(20)37)25(35)29-15-17-6-5-7-18(14-17)30-26(36)22-12-13-23(33)38-22/h5-7,14,16,19-22,28H,3-4,8-13,15H2,1-2H3,(H,29,35)(H,30,36)(H,31,34)/t16-,19-,20?,21?,22-/m0/s1. The highest BCUT2D eigenvalue weighted by atomic mass is 16.6. The minimum atomic E-state index is -0.786. The largest absolute Gasteiger partial charge is 0.452 e. The Bertz CT molecular complexity index is 1080. The van der Waals surface area contributed by atoms with Crippen molar-refractivity contribution in [2.75, 3.05) is 12.4 Å². The molecule has 3 saturated heterocycles. The average Bonchev–Trinajstić information content (AvgIpc) is 3.53. The highest BCUT2D eigenvalue weighted by Gasteiger charge is 2.43. The van der Waals surface area contributed by atoms with Crippen molar-refractivity contribution in [2.45, 2.75) is 95.1 Å². The second-order valence-electron chi connectivity index (χ2n) is 10.3. The second-order valence-corrected chi connectivity index (χ2v) is 10.3. The number of ether oxygens (including phenoxy) is 1. The summed E-state index contributed by atoms with van der Waals surface area (Å²) in [4.78, 5) is 64.6. The normalized spacial score (nSPS) is 26.0. The van der Waals surface area contributed by atoms with Gasteiger partial charge in [-0.3, -0.25) is 24.0 Å². The number of nitrogens with one attached hydrogen (secondary N) is 4. The summed E-state index contributed by atoms with van der Waals surface area (Å²) in [5, 5.41) is 11.5. The van der Waals surface area contributed by atoms with Gasteiger partial charge >= 0.3 is 5.97 Å². The number of hydrogen-bond acceptors (Lipinski definition) is 7. The molecule has 0 bridgehead atoms. The maximum absolute atomic E-state index is 13.5. The van der Waals surface area contributed by atoms with Crippen molar-refractivity contribution < 1.29 is 28.7 Å². The summed E-state index contributed by atoms with van der Waals surface area (Å²) in [5.74, 6) is -1.42. The third-order valence-electron chi connectivity index (χ3n) is 7.62. The number of nitrogens with zero attached hydrogens (tertiary/aromatic N) is 1. The Labute approximate surface area is 222 Å². The molecular weight excluding hydrogens is 490 g/mol. The van der Waals surface area contributed by atoms with Crippen LogP contribution in [0.15, 0.2) is 24.3 Å². The van der Waals surface area contributed by atoms with Gasteiger partial charge in [-0.15, -0.1) is 0 Å². The zero-order valence-electron chi connectivity index (χ0n) is 22.0. The quantitative estimate of drug-likeness (QED) is 0.369. The topological polar surface area (TPSA) is 146 Å². The maximum Gasteiger partial charge on any atom is 0.306 e. The predicted octanol–water partition coefficient (Wildman–Crippen LogP) is 0.973. The number of esters is 1. The van der Waals surface area contributed by atoms with E-state index in [9.17, 15) is 24.0 Å². The molecule has 3 aliphatic rings. The number of carbonyl (C=O) groups is 5. The molecule has 1 aromatic carbocycles. The van der Waals surface area contributed by atoms with Crippen LogP contribution in [-0.4, -0.2) is 71.8 Å². The SMILES string of the molecule is CN[C@@H](C)C(=O)NC1CCCC[C@H]2CCC(C(=O)NCc3cccc(NC(=O)[C@@H]4CCC(=O)O4)c3)N2C1=O. The van der Waals surface area contributed by atoms with Crippen LogP contribution in [0.25, 0.3) is 0 Å². The van der Waals surface area contributed by atoms with Gasteiger partial charge in [-0.2, -0.15) is 0 Å². The van der Waals surface area contributed by atoms with E-state index in [1.807, 2.05) is 6.07 Å². The Morgan fingerprint density at radius 3 is 2.58 bits per heavy atom. The van der Waals surface area contributed by atoms with Crippen LogP contribution >= 0.6 is 0 Å². The molecule has 5 atom stereocenters. The molecule has 0 aliphatic carbocycles. The Hall–Kier alpha value is -3.47. The summed E-state index contributed by atoms with van der Waals surface area (Å²) >= 11 is 0. The zero-order valence-corrected chi connectivity index (χ0v) is 22.0. The van der Waals surface area contributed by atoms with Crippen molar-refractivity contribution in [2.24, 2.45) is 0 Å². The second kappa shape index (κ2) is 12.4. The van der Waals surface area contributed by atoms with Crippen molar-refractivity contribution in [3.63, 3.8) is 0 Å². The van der Waals surface area contributed by atoms with E-state index in [4.69, 9.17) is 4.74 Å². The van der Waals surface area contributed by atoms with Crippen LogP contribution in [0.4, 0.5) is 5.69 Å². The van der Waals surface area contributed by atoms with E-state index < -0.39 is 24.2 Å². The van der Waals surface area contributed by atoms with Crippen molar-refractivity contribution >= 4 is 35.3 Å². The van der Waals surface area contributed by atoms with E-state index in [1.54, 1.807) is 37.1 Å².